The van der Waals surface area contributed by atoms with Crippen molar-refractivity contribution in [2.75, 3.05) is 35.5 Å². The molecule has 0 saturated carbocycles. The molecule has 2 amide bonds. The van der Waals surface area contributed by atoms with Gasteiger partial charge in [0.15, 0.2) is 22.3 Å². The monoisotopic (exact) mass is 886 g/mol. The van der Waals surface area contributed by atoms with Gasteiger partial charge < -0.3 is 15.5 Å². The van der Waals surface area contributed by atoms with E-state index in [9.17, 15) is 40.0 Å². The number of benzene rings is 2. The summed E-state index contributed by atoms with van der Waals surface area (Å²) in [5.74, 6) is -5.74. The molecule has 0 radical (unpaired) electrons. The van der Waals surface area contributed by atoms with E-state index in [4.69, 9.17) is 4.98 Å². The molecule has 0 unspecified atom stereocenters. The Bertz CT molecular complexity index is 3010. The zero-order chi connectivity index (χ0) is 43.3. The number of halogens is 7. The summed E-state index contributed by atoms with van der Waals surface area (Å²) in [6, 6.07) is 7.78. The lowest BCUT2D eigenvalue weighted by Gasteiger charge is -2.25. The third kappa shape index (κ3) is 7.15. The maximum absolute atomic E-state index is 15.6. The van der Waals surface area contributed by atoms with E-state index in [0.29, 0.717) is 50.1 Å². The summed E-state index contributed by atoms with van der Waals surface area (Å²) in [6.07, 6.45) is -4.60. The highest BCUT2D eigenvalue weighted by Crippen LogP contribution is 2.58. The second kappa shape index (κ2) is 14.2. The molecule has 0 bridgehead atoms. The van der Waals surface area contributed by atoms with Crippen molar-refractivity contribution in [3.05, 3.63) is 82.3 Å². The molecular formula is C38H29F7N10O4S2. The first kappa shape index (κ1) is 40.1. The first-order chi connectivity index (χ1) is 28.7. The number of nitrogens with zero attached hydrogens (tertiary/aromatic N) is 7. The standard InChI is InChI=1S/C38H29F7N10O4S2/c1-53-31-20(4-3-5-22(31)34(51-53)52-61(2,58)59)23-14-26-35(49-36(60-26)54-9-8-46-27(56)15-54)48-30(23)25(12-17-10-18(39)13-19(40)11-17)47-28(57)16-55-33-29(32(50-55)38(43,44)45)21-6-7-24(21)37(33,41)42/h3-5,10-11,13-14,21,24-25H,8-9,12,15-16H2,1-2H3,(H,46,56)(H,47,57)(H,51,52)/t21-,24+,25-/m0/s1. The number of pyridine rings is 1. The number of carbonyl (C=O) groups excluding carboxylic acids is 2. The number of thiazole rings is 1. The van der Waals surface area contributed by atoms with Crippen molar-refractivity contribution in [1.29, 1.82) is 0 Å². The van der Waals surface area contributed by atoms with Crippen molar-refractivity contribution >= 4 is 65.4 Å². The predicted molar refractivity (Wildman–Crippen MR) is 207 cm³/mol. The van der Waals surface area contributed by atoms with Crippen LogP contribution in [0.3, 0.4) is 0 Å². The average Bonchev–Trinajstić information content (AvgIpc) is 3.85. The van der Waals surface area contributed by atoms with E-state index in [2.05, 4.69) is 42.4 Å². The minimum absolute atomic E-state index is 0.00631. The van der Waals surface area contributed by atoms with Gasteiger partial charge in [0.2, 0.25) is 21.8 Å². The molecule has 1 fully saturated rings. The van der Waals surface area contributed by atoms with E-state index >= 15 is 8.78 Å². The number of sulfonamides is 1. The zero-order valence-electron chi connectivity index (χ0n) is 31.5. The van der Waals surface area contributed by atoms with Gasteiger partial charge in [0.05, 0.1) is 40.7 Å². The normalized spacial score (nSPS) is 18.6. The van der Waals surface area contributed by atoms with Gasteiger partial charge in [0.25, 0.3) is 0 Å². The van der Waals surface area contributed by atoms with Gasteiger partial charge in [-0.25, -0.2) is 22.2 Å². The van der Waals surface area contributed by atoms with E-state index in [1.807, 2.05) is 0 Å². The quantitative estimate of drug-likeness (QED) is 0.127. The lowest BCUT2D eigenvalue weighted by Crippen LogP contribution is -2.47. The number of hydrogen-bond acceptors (Lipinski definition) is 10. The van der Waals surface area contributed by atoms with Crippen LogP contribution in [-0.4, -0.2) is 75.7 Å². The summed E-state index contributed by atoms with van der Waals surface area (Å²) in [7, 11) is -2.25. The Morgan fingerprint density at radius 3 is 2.51 bits per heavy atom. The molecule has 1 aliphatic heterocycles. The number of aryl methyl sites for hydroxylation is 1. The minimum atomic E-state index is -5.15. The molecular weight excluding hydrogens is 858 g/mol. The first-order valence-electron chi connectivity index (χ1n) is 18.3. The van der Waals surface area contributed by atoms with Crippen molar-refractivity contribution in [3.8, 4) is 23.0 Å². The molecule has 1 saturated heterocycles. The summed E-state index contributed by atoms with van der Waals surface area (Å²) in [5, 5.41) is 14.0. The molecule has 316 valence electrons. The topological polar surface area (TPSA) is 169 Å². The first-order valence-corrected chi connectivity index (χ1v) is 21.0. The molecule has 23 heteroatoms. The number of amides is 2. The Hall–Kier alpha value is -6.28. The minimum Gasteiger partial charge on any atom is -0.353 e. The van der Waals surface area contributed by atoms with E-state index in [0.717, 1.165) is 18.4 Å². The lowest BCUT2D eigenvalue weighted by molar-refractivity contribution is -0.142. The Morgan fingerprint density at radius 1 is 1.08 bits per heavy atom. The van der Waals surface area contributed by atoms with Crippen LogP contribution in [0.1, 0.15) is 40.2 Å². The number of anilines is 2. The van der Waals surface area contributed by atoms with Gasteiger partial charge in [-0.15, -0.1) is 0 Å². The fraction of sp³-hybridized carbons (Fsp3) is 0.316. The largest absolute Gasteiger partial charge is 0.435 e. The highest BCUT2D eigenvalue weighted by atomic mass is 32.2. The van der Waals surface area contributed by atoms with Crippen molar-refractivity contribution in [2.24, 2.45) is 13.0 Å². The number of hydrogen-bond donors (Lipinski definition) is 3. The van der Waals surface area contributed by atoms with Crippen LogP contribution >= 0.6 is 11.3 Å². The highest BCUT2D eigenvalue weighted by Gasteiger charge is 2.62. The van der Waals surface area contributed by atoms with Crippen molar-refractivity contribution < 1.29 is 48.7 Å². The number of aromatic nitrogens is 6. The van der Waals surface area contributed by atoms with Crippen molar-refractivity contribution in [3.63, 3.8) is 0 Å². The van der Waals surface area contributed by atoms with Crippen LogP contribution in [0.5, 0.6) is 0 Å². The van der Waals surface area contributed by atoms with Gasteiger partial charge in [-0.05, 0) is 36.2 Å². The maximum atomic E-state index is 15.6. The second-order valence-corrected chi connectivity index (χ2v) is 17.6. The molecule has 3 N–H and O–H groups in total. The van der Waals surface area contributed by atoms with Crippen molar-refractivity contribution in [1.82, 2.24) is 40.2 Å². The number of rotatable bonds is 10. The van der Waals surface area contributed by atoms with Crippen LogP contribution < -0.4 is 20.3 Å². The molecule has 0 spiro atoms. The van der Waals surface area contributed by atoms with Gasteiger partial charge in [-0.3, -0.25) is 23.7 Å². The van der Waals surface area contributed by atoms with Crippen LogP contribution in [0.2, 0.25) is 0 Å². The molecule has 14 nitrogen and oxygen atoms in total. The Kier molecular flexibility index (Phi) is 9.31. The fourth-order valence-electron chi connectivity index (χ4n) is 8.03. The predicted octanol–water partition coefficient (Wildman–Crippen LogP) is 4.97. The summed E-state index contributed by atoms with van der Waals surface area (Å²) in [4.78, 5) is 37.6. The van der Waals surface area contributed by atoms with Gasteiger partial charge in [0, 0.05) is 48.3 Å². The van der Waals surface area contributed by atoms with Gasteiger partial charge >= 0.3 is 12.1 Å². The van der Waals surface area contributed by atoms with Crippen LogP contribution in [0.25, 0.3) is 32.4 Å². The molecule has 4 aromatic heterocycles. The van der Waals surface area contributed by atoms with Crippen LogP contribution in [0.4, 0.5) is 41.7 Å². The molecule has 61 heavy (non-hydrogen) atoms. The molecule has 6 aromatic rings. The van der Waals surface area contributed by atoms with E-state index < -0.39 is 87.5 Å². The number of piperazine rings is 1. The molecule has 3 aliphatic rings. The number of carbonyl (C=O) groups is 2. The van der Waals surface area contributed by atoms with Gasteiger partial charge in [-0.2, -0.15) is 37.1 Å². The summed E-state index contributed by atoms with van der Waals surface area (Å²) in [6.45, 7) is -0.380. The average molecular weight is 887 g/mol. The summed E-state index contributed by atoms with van der Waals surface area (Å²) >= 11 is 1.19. The van der Waals surface area contributed by atoms with Crippen molar-refractivity contribution in [2.45, 2.75) is 37.0 Å². The Balaban J connectivity index is 1.20. The van der Waals surface area contributed by atoms with Crippen LogP contribution in [0, 0.1) is 29.4 Å². The highest BCUT2D eigenvalue weighted by molar-refractivity contribution is 7.92. The third-order valence-electron chi connectivity index (χ3n) is 10.5. The van der Waals surface area contributed by atoms with Crippen LogP contribution in [-0.2, 0) is 51.7 Å². The molecule has 2 aliphatic carbocycles. The molecule has 5 heterocycles. The number of nitrogens with one attached hydrogen (secondary N) is 3. The van der Waals surface area contributed by atoms with E-state index in [1.165, 1.54) is 16.0 Å². The van der Waals surface area contributed by atoms with E-state index in [1.54, 1.807) is 36.2 Å². The third-order valence-corrected chi connectivity index (χ3v) is 12.1. The van der Waals surface area contributed by atoms with Gasteiger partial charge in [-0.1, -0.05) is 35.3 Å². The summed E-state index contributed by atoms with van der Waals surface area (Å²) < 4.78 is 132. The molecule has 2 aromatic carbocycles. The smallest absolute Gasteiger partial charge is 0.353 e. The molecule has 9 rings (SSSR count). The summed E-state index contributed by atoms with van der Waals surface area (Å²) in [5.41, 5.74) is -2.30. The number of fused-ring (bicyclic) bond motifs is 5. The number of para-hydroxylation sites is 1. The zero-order valence-corrected chi connectivity index (χ0v) is 33.2. The Morgan fingerprint density at radius 2 is 1.84 bits per heavy atom. The molecule has 3 atom stereocenters. The van der Waals surface area contributed by atoms with E-state index in [-0.39, 0.29) is 40.7 Å². The lowest BCUT2D eigenvalue weighted by atomic mass is 9.84. The Labute approximate surface area is 344 Å². The van der Waals surface area contributed by atoms with Gasteiger partial charge in [0.1, 0.15) is 29.8 Å². The number of alkyl halides is 5. The fourth-order valence-corrected chi connectivity index (χ4v) is 9.50. The SMILES string of the molecule is Cn1nc(NS(C)(=O)=O)c2cccc(-c3cc4sc(N5CCNC(=O)C5)nc4nc3[C@H](Cc3cc(F)cc(F)c3)NC(=O)Cn3nc(C(F)(F)F)c4c3C(F)(F)[C@@H]3C#C[C@H]43)c21. The second-order valence-electron chi connectivity index (χ2n) is 14.8. The maximum Gasteiger partial charge on any atom is 0.435 e. The van der Waals surface area contributed by atoms with Crippen LogP contribution in [0.15, 0.2) is 42.5 Å².